The van der Waals surface area contributed by atoms with E-state index in [1.54, 1.807) is 11.0 Å². The van der Waals surface area contributed by atoms with E-state index < -0.39 is 5.97 Å². The summed E-state index contributed by atoms with van der Waals surface area (Å²) in [6, 6.07) is 7.25. The SMILES string of the molecule is CCN(C(=O)Nc1ccccc1CCC(=O)O)C(C)C. The number of hydrogen-bond acceptors (Lipinski definition) is 2. The van der Waals surface area contributed by atoms with Crippen molar-refractivity contribution >= 4 is 17.7 Å². The fourth-order valence-corrected chi connectivity index (χ4v) is 2.03. The number of benzene rings is 1. The molecule has 0 bridgehead atoms. The quantitative estimate of drug-likeness (QED) is 0.840. The van der Waals surface area contributed by atoms with Crippen LogP contribution in [0.4, 0.5) is 10.5 Å². The molecule has 0 saturated carbocycles. The number of carboxylic acid groups (broad SMARTS) is 1. The van der Waals surface area contributed by atoms with E-state index in [2.05, 4.69) is 5.32 Å². The van der Waals surface area contributed by atoms with Crippen LogP contribution in [-0.2, 0) is 11.2 Å². The first-order valence-corrected chi connectivity index (χ1v) is 6.83. The molecule has 0 atom stereocenters. The summed E-state index contributed by atoms with van der Waals surface area (Å²) in [5, 5.41) is 11.6. The first kappa shape index (κ1) is 16.0. The molecule has 20 heavy (non-hydrogen) atoms. The Hall–Kier alpha value is -2.04. The lowest BCUT2D eigenvalue weighted by molar-refractivity contribution is -0.136. The fraction of sp³-hybridized carbons (Fsp3) is 0.467. The third kappa shape index (κ3) is 4.57. The number of aryl methyl sites for hydroxylation is 1. The predicted octanol–water partition coefficient (Wildman–Crippen LogP) is 2.97. The zero-order valence-corrected chi connectivity index (χ0v) is 12.2. The van der Waals surface area contributed by atoms with Gasteiger partial charge in [-0.2, -0.15) is 0 Å². The maximum atomic E-state index is 12.2. The van der Waals surface area contributed by atoms with E-state index in [-0.39, 0.29) is 18.5 Å². The lowest BCUT2D eigenvalue weighted by atomic mass is 10.1. The number of amides is 2. The molecule has 0 aromatic heterocycles. The zero-order valence-electron chi connectivity index (χ0n) is 12.2. The molecule has 1 aromatic carbocycles. The molecule has 0 saturated heterocycles. The minimum atomic E-state index is -0.844. The molecule has 0 fully saturated rings. The Kier molecular flexibility index (Phi) is 6.03. The van der Waals surface area contributed by atoms with Crippen LogP contribution in [0.25, 0.3) is 0 Å². The second kappa shape index (κ2) is 7.53. The van der Waals surface area contributed by atoms with Gasteiger partial charge in [0, 0.05) is 24.7 Å². The number of carbonyl (C=O) groups excluding carboxylic acids is 1. The van der Waals surface area contributed by atoms with Crippen molar-refractivity contribution in [1.29, 1.82) is 0 Å². The standard InChI is InChI=1S/C15H22N2O3/c1-4-17(11(2)3)15(20)16-13-8-6-5-7-12(13)9-10-14(18)19/h5-8,11H,4,9-10H2,1-3H3,(H,16,20)(H,18,19). The lowest BCUT2D eigenvalue weighted by Gasteiger charge is -2.26. The molecule has 1 rings (SSSR count). The van der Waals surface area contributed by atoms with Crippen LogP contribution in [0, 0.1) is 0 Å². The third-order valence-electron chi connectivity index (χ3n) is 3.09. The van der Waals surface area contributed by atoms with Gasteiger partial charge in [-0.05, 0) is 38.8 Å². The van der Waals surface area contributed by atoms with Crippen LogP contribution in [0.15, 0.2) is 24.3 Å². The van der Waals surface area contributed by atoms with Crippen LogP contribution >= 0.6 is 0 Å². The fourth-order valence-electron chi connectivity index (χ4n) is 2.03. The Bertz CT molecular complexity index is 472. The average Bonchev–Trinajstić information content (AvgIpc) is 2.38. The number of para-hydroxylation sites is 1. The van der Waals surface area contributed by atoms with Gasteiger partial charge in [-0.3, -0.25) is 4.79 Å². The van der Waals surface area contributed by atoms with Crippen molar-refractivity contribution in [1.82, 2.24) is 4.90 Å². The first-order valence-electron chi connectivity index (χ1n) is 6.83. The molecule has 0 heterocycles. The molecule has 0 unspecified atom stereocenters. The van der Waals surface area contributed by atoms with Gasteiger partial charge >= 0.3 is 12.0 Å². The minimum absolute atomic E-state index is 0.0502. The molecular formula is C15H22N2O3. The number of anilines is 1. The first-order chi connectivity index (χ1) is 9.45. The number of urea groups is 1. The van der Waals surface area contributed by atoms with Crippen molar-refractivity contribution in [2.45, 2.75) is 39.7 Å². The topological polar surface area (TPSA) is 69.6 Å². The molecule has 110 valence electrons. The summed E-state index contributed by atoms with van der Waals surface area (Å²) in [6.07, 6.45) is 0.453. The van der Waals surface area contributed by atoms with E-state index in [0.717, 1.165) is 5.56 Å². The summed E-state index contributed by atoms with van der Waals surface area (Å²) in [5.41, 5.74) is 1.51. The van der Waals surface area contributed by atoms with Crippen LogP contribution < -0.4 is 5.32 Å². The Morgan fingerprint density at radius 2 is 1.95 bits per heavy atom. The van der Waals surface area contributed by atoms with Gasteiger partial charge in [-0.25, -0.2) is 4.79 Å². The predicted molar refractivity (Wildman–Crippen MR) is 78.9 cm³/mol. The molecule has 0 spiro atoms. The summed E-state index contributed by atoms with van der Waals surface area (Å²) < 4.78 is 0. The Balaban J connectivity index is 2.81. The van der Waals surface area contributed by atoms with Crippen molar-refractivity contribution in [2.24, 2.45) is 0 Å². The molecule has 2 amide bonds. The molecule has 0 aliphatic rings. The van der Waals surface area contributed by atoms with Gasteiger partial charge < -0.3 is 15.3 Å². The van der Waals surface area contributed by atoms with Gasteiger partial charge in [0.25, 0.3) is 0 Å². The highest BCUT2D eigenvalue weighted by Gasteiger charge is 2.16. The summed E-state index contributed by atoms with van der Waals surface area (Å²) in [7, 11) is 0. The van der Waals surface area contributed by atoms with E-state index in [9.17, 15) is 9.59 Å². The van der Waals surface area contributed by atoms with E-state index >= 15 is 0 Å². The molecule has 5 heteroatoms. The molecule has 5 nitrogen and oxygen atoms in total. The minimum Gasteiger partial charge on any atom is -0.481 e. The van der Waals surface area contributed by atoms with Crippen molar-refractivity contribution < 1.29 is 14.7 Å². The largest absolute Gasteiger partial charge is 0.481 e. The molecule has 1 aromatic rings. The molecule has 0 radical (unpaired) electrons. The number of aliphatic carboxylic acids is 1. The number of nitrogens with zero attached hydrogens (tertiary/aromatic N) is 1. The molecule has 0 aliphatic carbocycles. The second-order valence-electron chi connectivity index (χ2n) is 4.86. The van der Waals surface area contributed by atoms with Crippen molar-refractivity contribution in [3.63, 3.8) is 0 Å². The highest BCUT2D eigenvalue weighted by atomic mass is 16.4. The Morgan fingerprint density at radius 3 is 2.50 bits per heavy atom. The number of hydrogen-bond donors (Lipinski definition) is 2. The van der Waals surface area contributed by atoms with Crippen LogP contribution in [0.1, 0.15) is 32.8 Å². The monoisotopic (exact) mass is 278 g/mol. The van der Waals surface area contributed by atoms with Crippen LogP contribution in [0.2, 0.25) is 0 Å². The average molecular weight is 278 g/mol. The number of rotatable bonds is 6. The van der Waals surface area contributed by atoms with Gasteiger partial charge in [0.05, 0.1) is 0 Å². The van der Waals surface area contributed by atoms with Gasteiger partial charge in [-0.1, -0.05) is 18.2 Å². The van der Waals surface area contributed by atoms with Gasteiger partial charge in [0.2, 0.25) is 0 Å². The van der Waals surface area contributed by atoms with Crippen molar-refractivity contribution in [3.05, 3.63) is 29.8 Å². The number of carboxylic acids is 1. The molecular weight excluding hydrogens is 256 g/mol. The summed E-state index contributed by atoms with van der Waals surface area (Å²) in [5.74, 6) is -0.844. The van der Waals surface area contributed by atoms with E-state index in [0.29, 0.717) is 18.7 Å². The smallest absolute Gasteiger partial charge is 0.322 e. The maximum absolute atomic E-state index is 12.2. The Morgan fingerprint density at radius 1 is 1.30 bits per heavy atom. The highest BCUT2D eigenvalue weighted by molar-refractivity contribution is 5.90. The van der Waals surface area contributed by atoms with Crippen molar-refractivity contribution in [3.8, 4) is 0 Å². The number of carbonyl (C=O) groups is 2. The normalized spacial score (nSPS) is 10.4. The van der Waals surface area contributed by atoms with E-state index in [1.807, 2.05) is 39.0 Å². The van der Waals surface area contributed by atoms with Crippen molar-refractivity contribution in [2.75, 3.05) is 11.9 Å². The van der Waals surface area contributed by atoms with Crippen LogP contribution in [0.5, 0.6) is 0 Å². The third-order valence-corrected chi connectivity index (χ3v) is 3.09. The summed E-state index contributed by atoms with van der Waals surface area (Å²) in [4.78, 5) is 24.5. The molecule has 2 N–H and O–H groups in total. The highest BCUT2D eigenvalue weighted by Crippen LogP contribution is 2.18. The lowest BCUT2D eigenvalue weighted by Crippen LogP contribution is -2.39. The second-order valence-corrected chi connectivity index (χ2v) is 4.86. The zero-order chi connectivity index (χ0) is 15.1. The Labute approximate surface area is 119 Å². The van der Waals surface area contributed by atoms with E-state index in [4.69, 9.17) is 5.11 Å². The van der Waals surface area contributed by atoms with Gasteiger partial charge in [-0.15, -0.1) is 0 Å². The van der Waals surface area contributed by atoms with Crippen LogP contribution in [0.3, 0.4) is 0 Å². The molecule has 0 aliphatic heterocycles. The van der Waals surface area contributed by atoms with E-state index in [1.165, 1.54) is 0 Å². The number of nitrogens with one attached hydrogen (secondary N) is 1. The maximum Gasteiger partial charge on any atom is 0.322 e. The van der Waals surface area contributed by atoms with Gasteiger partial charge in [0.15, 0.2) is 0 Å². The summed E-state index contributed by atoms with van der Waals surface area (Å²) in [6.45, 7) is 6.47. The van der Waals surface area contributed by atoms with Gasteiger partial charge in [0.1, 0.15) is 0 Å². The van der Waals surface area contributed by atoms with Crippen LogP contribution in [-0.4, -0.2) is 34.6 Å². The summed E-state index contributed by atoms with van der Waals surface area (Å²) >= 11 is 0.